The molecule has 0 aliphatic rings. The molecule has 0 bridgehead atoms. The first-order valence-corrected chi connectivity index (χ1v) is 8.18. The number of nitrogens with zero attached hydrogens (tertiary/aromatic N) is 1. The van der Waals surface area contributed by atoms with Gasteiger partial charge in [0.15, 0.2) is 0 Å². The van der Waals surface area contributed by atoms with Crippen LogP contribution in [0.15, 0.2) is 59.5 Å². The zero-order valence-electron chi connectivity index (χ0n) is 12.9. The Labute approximate surface area is 153 Å². The fourth-order valence-electron chi connectivity index (χ4n) is 2.62. The third kappa shape index (κ3) is 3.76. The molecular weight excluding hydrogens is 361 g/mol. The normalized spacial score (nSPS) is 11.3. The van der Waals surface area contributed by atoms with Crippen molar-refractivity contribution in [3.8, 4) is 0 Å². The van der Waals surface area contributed by atoms with E-state index in [-0.39, 0.29) is 5.56 Å². The van der Waals surface area contributed by atoms with Crippen molar-refractivity contribution in [3.05, 3.63) is 86.3 Å². The standard InChI is InChI=1S/C19H13Cl2NO3/c20-16-7-5-12(9-17(16)21)10-22-11-13(6-8-18(23)24)14-3-1-2-4-15(14)19(22)25/h1-9,11H,10H2,(H,23,24). The van der Waals surface area contributed by atoms with E-state index in [2.05, 4.69) is 0 Å². The van der Waals surface area contributed by atoms with Crippen LogP contribution >= 0.6 is 23.2 Å². The van der Waals surface area contributed by atoms with Gasteiger partial charge in [-0.2, -0.15) is 0 Å². The number of benzene rings is 2. The van der Waals surface area contributed by atoms with Crippen molar-refractivity contribution in [1.29, 1.82) is 0 Å². The highest BCUT2D eigenvalue weighted by atomic mass is 35.5. The van der Waals surface area contributed by atoms with E-state index in [1.807, 2.05) is 6.07 Å². The highest BCUT2D eigenvalue weighted by molar-refractivity contribution is 6.42. The third-order valence-corrected chi connectivity index (χ3v) is 4.51. The molecule has 0 unspecified atom stereocenters. The topological polar surface area (TPSA) is 59.3 Å². The highest BCUT2D eigenvalue weighted by Gasteiger charge is 2.08. The van der Waals surface area contributed by atoms with Gasteiger partial charge in [0.1, 0.15) is 0 Å². The van der Waals surface area contributed by atoms with Gasteiger partial charge in [-0.1, -0.05) is 47.5 Å². The largest absolute Gasteiger partial charge is 0.478 e. The van der Waals surface area contributed by atoms with E-state index in [1.54, 1.807) is 42.6 Å². The number of hydrogen-bond donors (Lipinski definition) is 1. The number of pyridine rings is 1. The summed E-state index contributed by atoms with van der Waals surface area (Å²) in [6.45, 7) is 0.300. The van der Waals surface area contributed by atoms with Crippen molar-refractivity contribution >= 4 is 46.0 Å². The molecule has 2 aromatic carbocycles. The van der Waals surface area contributed by atoms with Gasteiger partial charge in [-0.05, 0) is 40.8 Å². The number of fused-ring (bicyclic) bond motifs is 1. The zero-order valence-corrected chi connectivity index (χ0v) is 14.5. The lowest BCUT2D eigenvalue weighted by Gasteiger charge is -2.11. The van der Waals surface area contributed by atoms with E-state index in [1.165, 1.54) is 10.6 Å². The monoisotopic (exact) mass is 373 g/mol. The average molecular weight is 374 g/mol. The maximum absolute atomic E-state index is 12.7. The van der Waals surface area contributed by atoms with Crippen LogP contribution in [0.5, 0.6) is 0 Å². The minimum atomic E-state index is -1.05. The summed E-state index contributed by atoms with van der Waals surface area (Å²) in [5.74, 6) is -1.05. The number of carboxylic acids is 1. The van der Waals surface area contributed by atoms with Crippen molar-refractivity contribution in [2.45, 2.75) is 6.54 Å². The van der Waals surface area contributed by atoms with Crippen molar-refractivity contribution in [3.63, 3.8) is 0 Å². The fourth-order valence-corrected chi connectivity index (χ4v) is 2.94. The Morgan fingerprint density at radius 2 is 1.80 bits per heavy atom. The van der Waals surface area contributed by atoms with E-state index in [4.69, 9.17) is 28.3 Å². The van der Waals surface area contributed by atoms with Crippen molar-refractivity contribution in [1.82, 2.24) is 4.57 Å². The van der Waals surface area contributed by atoms with Crippen LogP contribution in [0.2, 0.25) is 10.0 Å². The van der Waals surface area contributed by atoms with Crippen LogP contribution < -0.4 is 5.56 Å². The summed E-state index contributed by atoms with van der Waals surface area (Å²) in [5, 5.41) is 11.0. The van der Waals surface area contributed by atoms with Crippen LogP contribution in [0.3, 0.4) is 0 Å². The molecule has 3 aromatic rings. The number of aliphatic carboxylic acids is 1. The van der Waals surface area contributed by atoms with Crippen molar-refractivity contribution in [2.75, 3.05) is 0 Å². The number of carboxylic acid groups (broad SMARTS) is 1. The third-order valence-electron chi connectivity index (χ3n) is 3.77. The minimum absolute atomic E-state index is 0.158. The molecule has 1 N–H and O–H groups in total. The van der Waals surface area contributed by atoms with Gasteiger partial charge in [0.05, 0.1) is 16.6 Å². The molecule has 0 aliphatic heterocycles. The SMILES string of the molecule is O=C(O)C=Cc1cn(Cc2ccc(Cl)c(Cl)c2)c(=O)c2ccccc12. The predicted octanol–water partition coefficient (Wildman–Crippen LogP) is 4.45. The Balaban J connectivity index is 2.14. The Kier molecular flexibility index (Phi) is 4.93. The molecule has 0 aliphatic carbocycles. The van der Waals surface area contributed by atoms with Gasteiger partial charge < -0.3 is 9.67 Å². The van der Waals surface area contributed by atoms with E-state index < -0.39 is 5.97 Å². The molecule has 0 fully saturated rings. The van der Waals surface area contributed by atoms with E-state index in [9.17, 15) is 9.59 Å². The number of rotatable bonds is 4. The van der Waals surface area contributed by atoms with Crippen LogP contribution in [0.25, 0.3) is 16.8 Å². The van der Waals surface area contributed by atoms with E-state index in [0.717, 1.165) is 11.6 Å². The second-order valence-electron chi connectivity index (χ2n) is 5.48. The number of halogens is 2. The van der Waals surface area contributed by atoms with Crippen LogP contribution in [0.4, 0.5) is 0 Å². The van der Waals surface area contributed by atoms with Gasteiger partial charge in [-0.25, -0.2) is 4.79 Å². The van der Waals surface area contributed by atoms with Gasteiger partial charge in [0.2, 0.25) is 0 Å². The lowest BCUT2D eigenvalue weighted by molar-refractivity contribution is -0.131. The summed E-state index contributed by atoms with van der Waals surface area (Å²) in [7, 11) is 0. The molecule has 25 heavy (non-hydrogen) atoms. The lowest BCUT2D eigenvalue weighted by atomic mass is 10.1. The predicted molar refractivity (Wildman–Crippen MR) is 100 cm³/mol. The number of hydrogen-bond acceptors (Lipinski definition) is 2. The van der Waals surface area contributed by atoms with Gasteiger partial charge >= 0.3 is 5.97 Å². The Morgan fingerprint density at radius 1 is 1.08 bits per heavy atom. The first-order chi connectivity index (χ1) is 12.0. The summed E-state index contributed by atoms with van der Waals surface area (Å²) in [4.78, 5) is 23.6. The molecule has 0 radical (unpaired) electrons. The fraction of sp³-hybridized carbons (Fsp3) is 0.0526. The lowest BCUT2D eigenvalue weighted by Crippen LogP contribution is -2.21. The maximum Gasteiger partial charge on any atom is 0.328 e. The van der Waals surface area contributed by atoms with Crippen LogP contribution in [-0.2, 0) is 11.3 Å². The van der Waals surface area contributed by atoms with E-state index in [0.29, 0.717) is 32.9 Å². The smallest absolute Gasteiger partial charge is 0.328 e. The first kappa shape index (κ1) is 17.3. The Morgan fingerprint density at radius 3 is 2.48 bits per heavy atom. The molecule has 1 aromatic heterocycles. The number of aromatic nitrogens is 1. The number of carbonyl (C=O) groups is 1. The summed E-state index contributed by atoms with van der Waals surface area (Å²) >= 11 is 12.0. The van der Waals surface area contributed by atoms with Gasteiger partial charge in [-0.15, -0.1) is 0 Å². The van der Waals surface area contributed by atoms with Gasteiger partial charge in [0.25, 0.3) is 5.56 Å². The Bertz CT molecular complexity index is 1050. The van der Waals surface area contributed by atoms with Gasteiger partial charge in [-0.3, -0.25) is 4.79 Å². The molecule has 0 atom stereocenters. The summed E-state index contributed by atoms with van der Waals surface area (Å²) in [5.41, 5.74) is 1.31. The van der Waals surface area contributed by atoms with E-state index >= 15 is 0 Å². The van der Waals surface area contributed by atoms with Crippen molar-refractivity contribution in [2.24, 2.45) is 0 Å². The van der Waals surface area contributed by atoms with Crippen LogP contribution in [-0.4, -0.2) is 15.6 Å². The summed E-state index contributed by atoms with van der Waals surface area (Å²) in [6.07, 6.45) is 4.18. The highest BCUT2D eigenvalue weighted by Crippen LogP contribution is 2.23. The molecule has 0 saturated heterocycles. The van der Waals surface area contributed by atoms with Crippen LogP contribution in [0.1, 0.15) is 11.1 Å². The first-order valence-electron chi connectivity index (χ1n) is 7.43. The quantitative estimate of drug-likeness (QED) is 0.687. The molecule has 0 spiro atoms. The second-order valence-corrected chi connectivity index (χ2v) is 6.30. The van der Waals surface area contributed by atoms with Gasteiger partial charge in [0, 0.05) is 17.7 Å². The molecule has 0 saturated carbocycles. The molecular formula is C19H13Cl2NO3. The summed E-state index contributed by atoms with van der Waals surface area (Å²) < 4.78 is 1.53. The zero-order chi connectivity index (χ0) is 18.0. The molecule has 1 heterocycles. The van der Waals surface area contributed by atoms with Crippen molar-refractivity contribution < 1.29 is 9.90 Å². The van der Waals surface area contributed by atoms with Crippen LogP contribution in [0, 0.1) is 0 Å². The average Bonchev–Trinajstić information content (AvgIpc) is 2.59. The minimum Gasteiger partial charge on any atom is -0.478 e. The molecule has 6 heteroatoms. The molecule has 0 amide bonds. The molecule has 126 valence electrons. The maximum atomic E-state index is 12.7. The molecule has 3 rings (SSSR count). The second kappa shape index (κ2) is 7.13. The summed E-state index contributed by atoms with van der Waals surface area (Å²) in [6, 6.07) is 12.3. The molecule has 4 nitrogen and oxygen atoms in total. The Hall–Kier alpha value is -2.56.